The van der Waals surface area contributed by atoms with Crippen LogP contribution in [0.1, 0.15) is 54.9 Å². The van der Waals surface area contributed by atoms with Gasteiger partial charge in [0.1, 0.15) is 6.33 Å². The van der Waals surface area contributed by atoms with Crippen LogP contribution in [0.5, 0.6) is 0 Å². The number of nitrogens with zero attached hydrogens (tertiary/aromatic N) is 6. The first kappa shape index (κ1) is 17.3. The molecule has 1 N–H and O–H groups in total. The Labute approximate surface area is 148 Å². The summed E-state index contributed by atoms with van der Waals surface area (Å²) in [5.74, 6) is 0. The Morgan fingerprint density at radius 3 is 2.40 bits per heavy atom. The molecule has 0 fully saturated rings. The van der Waals surface area contributed by atoms with Crippen molar-refractivity contribution in [1.82, 2.24) is 35.3 Å². The topological polar surface area (TPSA) is 73.5 Å². The lowest BCUT2D eigenvalue weighted by Gasteiger charge is -2.23. The van der Waals surface area contributed by atoms with Crippen LogP contribution in [0.4, 0.5) is 0 Å². The SMILES string of the molecule is CC[C@@H](N[C@@H](C)c1ccc(-n2cnnn2)cc1)c1c(C)nn(C)c1C. The van der Waals surface area contributed by atoms with Crippen molar-refractivity contribution < 1.29 is 0 Å². The summed E-state index contributed by atoms with van der Waals surface area (Å²) in [6.07, 6.45) is 2.61. The van der Waals surface area contributed by atoms with Crippen LogP contribution >= 0.6 is 0 Å². The summed E-state index contributed by atoms with van der Waals surface area (Å²) in [5.41, 5.74) is 5.81. The minimum Gasteiger partial charge on any atom is -0.303 e. The van der Waals surface area contributed by atoms with Gasteiger partial charge in [0.15, 0.2) is 0 Å². The fourth-order valence-electron chi connectivity index (χ4n) is 3.29. The van der Waals surface area contributed by atoms with Crippen LogP contribution in [0.2, 0.25) is 0 Å². The van der Waals surface area contributed by atoms with E-state index in [-0.39, 0.29) is 12.1 Å². The molecule has 0 aliphatic carbocycles. The minimum atomic E-state index is 0.229. The fourth-order valence-corrected chi connectivity index (χ4v) is 3.29. The van der Waals surface area contributed by atoms with Gasteiger partial charge in [0.2, 0.25) is 0 Å². The predicted molar refractivity (Wildman–Crippen MR) is 96.4 cm³/mol. The van der Waals surface area contributed by atoms with E-state index in [9.17, 15) is 0 Å². The molecule has 0 saturated carbocycles. The van der Waals surface area contributed by atoms with Gasteiger partial charge in [-0.05, 0) is 55.3 Å². The molecule has 0 aliphatic rings. The van der Waals surface area contributed by atoms with E-state index < -0.39 is 0 Å². The maximum atomic E-state index is 4.55. The van der Waals surface area contributed by atoms with Crippen LogP contribution in [0.3, 0.4) is 0 Å². The Hall–Kier alpha value is -2.54. The lowest BCUT2D eigenvalue weighted by molar-refractivity contribution is 0.453. The lowest BCUT2D eigenvalue weighted by atomic mass is 9.99. The van der Waals surface area contributed by atoms with Crippen molar-refractivity contribution in [2.24, 2.45) is 7.05 Å². The van der Waals surface area contributed by atoms with Gasteiger partial charge in [-0.15, -0.1) is 5.10 Å². The van der Waals surface area contributed by atoms with E-state index in [1.165, 1.54) is 16.8 Å². The number of benzene rings is 1. The number of hydrogen-bond acceptors (Lipinski definition) is 5. The van der Waals surface area contributed by atoms with Crippen molar-refractivity contribution in [2.75, 3.05) is 0 Å². The predicted octanol–water partition coefficient (Wildman–Crippen LogP) is 2.81. The highest BCUT2D eigenvalue weighted by Gasteiger charge is 2.20. The maximum absolute atomic E-state index is 4.55. The standard InChI is InChI=1S/C18H25N7/c1-6-17(18-13(3)21-24(5)14(18)4)20-12(2)15-7-9-16(10-8-15)25-11-19-22-23-25/h7-12,17,20H,6H2,1-5H3/t12-,17+/m0/s1. The van der Waals surface area contributed by atoms with E-state index in [0.717, 1.165) is 17.8 Å². The molecule has 1 aromatic carbocycles. The van der Waals surface area contributed by atoms with Gasteiger partial charge in [-0.2, -0.15) is 5.10 Å². The Morgan fingerprint density at radius 1 is 1.16 bits per heavy atom. The van der Waals surface area contributed by atoms with E-state index in [0.29, 0.717) is 0 Å². The second kappa shape index (κ2) is 7.14. The number of tetrazole rings is 1. The Kier molecular flexibility index (Phi) is 4.94. The Balaban J connectivity index is 1.77. The number of aryl methyl sites for hydroxylation is 2. The zero-order valence-electron chi connectivity index (χ0n) is 15.4. The van der Waals surface area contributed by atoms with Gasteiger partial charge < -0.3 is 5.32 Å². The van der Waals surface area contributed by atoms with E-state index in [2.05, 4.69) is 65.8 Å². The zero-order chi connectivity index (χ0) is 18.0. The minimum absolute atomic E-state index is 0.229. The third kappa shape index (κ3) is 3.46. The van der Waals surface area contributed by atoms with Gasteiger partial charge in [-0.1, -0.05) is 19.1 Å². The maximum Gasteiger partial charge on any atom is 0.143 e. The first-order valence-corrected chi connectivity index (χ1v) is 8.60. The summed E-state index contributed by atoms with van der Waals surface area (Å²) in [7, 11) is 2.00. The summed E-state index contributed by atoms with van der Waals surface area (Å²) < 4.78 is 3.61. The molecule has 0 radical (unpaired) electrons. The fraction of sp³-hybridized carbons (Fsp3) is 0.444. The molecule has 2 atom stereocenters. The van der Waals surface area contributed by atoms with Crippen LogP contribution in [0.15, 0.2) is 30.6 Å². The highest BCUT2D eigenvalue weighted by Crippen LogP contribution is 2.27. The van der Waals surface area contributed by atoms with E-state index in [1.54, 1.807) is 11.0 Å². The molecule has 7 heteroatoms. The molecule has 3 rings (SSSR count). The average molecular weight is 339 g/mol. The summed E-state index contributed by atoms with van der Waals surface area (Å²) in [6.45, 7) is 8.61. The average Bonchev–Trinajstić information content (AvgIpc) is 3.22. The van der Waals surface area contributed by atoms with Crippen LogP contribution < -0.4 is 5.32 Å². The number of hydrogen-bond donors (Lipinski definition) is 1. The van der Waals surface area contributed by atoms with Crippen LogP contribution in [-0.4, -0.2) is 30.0 Å². The third-order valence-electron chi connectivity index (χ3n) is 4.78. The molecule has 0 aliphatic heterocycles. The van der Waals surface area contributed by atoms with Gasteiger partial charge in [0.05, 0.1) is 11.4 Å². The lowest BCUT2D eigenvalue weighted by Crippen LogP contribution is -2.25. The van der Waals surface area contributed by atoms with E-state index in [4.69, 9.17) is 0 Å². The summed E-state index contributed by atoms with van der Waals surface area (Å²) in [6, 6.07) is 8.81. The molecule has 25 heavy (non-hydrogen) atoms. The van der Waals surface area contributed by atoms with Crippen molar-refractivity contribution in [1.29, 1.82) is 0 Å². The molecule has 0 amide bonds. The molecule has 7 nitrogen and oxygen atoms in total. The van der Waals surface area contributed by atoms with Crippen molar-refractivity contribution in [3.05, 3.63) is 53.1 Å². The quantitative estimate of drug-likeness (QED) is 0.747. The number of aromatic nitrogens is 6. The smallest absolute Gasteiger partial charge is 0.143 e. The summed E-state index contributed by atoms with van der Waals surface area (Å²) >= 11 is 0. The van der Waals surface area contributed by atoms with Crippen LogP contribution in [-0.2, 0) is 7.05 Å². The molecule has 2 heterocycles. The first-order valence-electron chi connectivity index (χ1n) is 8.60. The van der Waals surface area contributed by atoms with Crippen LogP contribution in [0, 0.1) is 13.8 Å². The van der Waals surface area contributed by atoms with Crippen molar-refractivity contribution >= 4 is 0 Å². The van der Waals surface area contributed by atoms with Gasteiger partial charge in [0.25, 0.3) is 0 Å². The molecular formula is C18H25N7. The molecule has 0 saturated heterocycles. The largest absolute Gasteiger partial charge is 0.303 e. The Bertz CT molecular complexity index is 818. The molecule has 132 valence electrons. The van der Waals surface area contributed by atoms with E-state index >= 15 is 0 Å². The third-order valence-corrected chi connectivity index (χ3v) is 4.78. The normalized spacial score (nSPS) is 13.8. The van der Waals surface area contributed by atoms with Crippen LogP contribution in [0.25, 0.3) is 5.69 Å². The molecule has 0 bridgehead atoms. The van der Waals surface area contributed by atoms with Crippen molar-refractivity contribution in [2.45, 2.75) is 46.2 Å². The zero-order valence-corrected chi connectivity index (χ0v) is 15.4. The molecule has 0 spiro atoms. The van der Waals surface area contributed by atoms with E-state index in [1.807, 2.05) is 23.9 Å². The molecule has 0 unspecified atom stereocenters. The van der Waals surface area contributed by atoms with Gasteiger partial charge in [0, 0.05) is 30.4 Å². The van der Waals surface area contributed by atoms with Crippen molar-refractivity contribution in [3.63, 3.8) is 0 Å². The van der Waals surface area contributed by atoms with Gasteiger partial charge >= 0.3 is 0 Å². The first-order chi connectivity index (χ1) is 12.0. The molecular weight excluding hydrogens is 314 g/mol. The second-order valence-electron chi connectivity index (χ2n) is 6.40. The summed E-state index contributed by atoms with van der Waals surface area (Å²) in [5, 5.41) is 19.6. The monoisotopic (exact) mass is 339 g/mol. The Morgan fingerprint density at radius 2 is 1.88 bits per heavy atom. The highest BCUT2D eigenvalue weighted by atomic mass is 15.5. The van der Waals surface area contributed by atoms with Crippen molar-refractivity contribution in [3.8, 4) is 5.69 Å². The highest BCUT2D eigenvalue weighted by molar-refractivity contribution is 5.35. The second-order valence-corrected chi connectivity index (χ2v) is 6.40. The molecule has 3 aromatic rings. The van der Waals surface area contributed by atoms with Gasteiger partial charge in [-0.25, -0.2) is 4.68 Å². The van der Waals surface area contributed by atoms with Gasteiger partial charge in [-0.3, -0.25) is 4.68 Å². The summed E-state index contributed by atoms with van der Waals surface area (Å²) in [4.78, 5) is 0. The molecule has 2 aromatic heterocycles. The number of rotatable bonds is 6. The number of nitrogens with one attached hydrogen (secondary N) is 1.